The second-order valence-corrected chi connectivity index (χ2v) is 5.14. The van der Waals surface area contributed by atoms with Crippen LogP contribution < -0.4 is 4.90 Å². The highest BCUT2D eigenvalue weighted by Crippen LogP contribution is 2.33. The first-order valence-electron chi connectivity index (χ1n) is 6.94. The Morgan fingerprint density at radius 2 is 2.14 bits per heavy atom. The van der Waals surface area contributed by atoms with Crippen LogP contribution in [0.5, 0.6) is 0 Å². The number of carbonyl (C=O) groups is 1. The number of nitro groups is 1. The second-order valence-electron chi connectivity index (χ2n) is 5.14. The molecule has 1 atom stereocenters. The fraction of sp³-hybridized carbons (Fsp3) is 0.500. The molecule has 0 aliphatic carbocycles. The lowest BCUT2D eigenvalue weighted by Gasteiger charge is -2.30. The molecule has 21 heavy (non-hydrogen) atoms. The Bertz CT molecular complexity index is 546. The minimum absolute atomic E-state index is 0.0107. The Labute approximate surface area is 122 Å². The zero-order valence-corrected chi connectivity index (χ0v) is 11.6. The largest absolute Gasteiger partial charge is 0.478 e. The van der Waals surface area contributed by atoms with Gasteiger partial charge in [0, 0.05) is 12.6 Å². The van der Waals surface area contributed by atoms with Crippen molar-refractivity contribution in [2.45, 2.75) is 31.7 Å². The topological polar surface area (TPSA) is 104 Å². The van der Waals surface area contributed by atoms with Crippen molar-refractivity contribution in [1.29, 1.82) is 0 Å². The molecule has 1 aromatic carbocycles. The number of aliphatic hydroxyl groups is 1. The summed E-state index contributed by atoms with van der Waals surface area (Å²) in [4.78, 5) is 23.6. The summed E-state index contributed by atoms with van der Waals surface area (Å²) in [6.45, 7) is 0.476. The molecular formula is C14H18N2O5. The summed E-state index contributed by atoms with van der Waals surface area (Å²) in [5.74, 6) is -1.12. The number of rotatable bonds is 4. The number of anilines is 1. The number of hydrogen-bond acceptors (Lipinski definition) is 5. The van der Waals surface area contributed by atoms with Gasteiger partial charge in [0.2, 0.25) is 0 Å². The number of carboxylic acid groups (broad SMARTS) is 1. The van der Waals surface area contributed by atoms with Crippen molar-refractivity contribution in [2.24, 2.45) is 0 Å². The highest BCUT2D eigenvalue weighted by Gasteiger charge is 2.27. The lowest BCUT2D eigenvalue weighted by molar-refractivity contribution is -0.384. The number of carboxylic acids is 1. The molecule has 0 saturated carbocycles. The van der Waals surface area contributed by atoms with Crippen LogP contribution in [0.4, 0.5) is 11.4 Å². The second kappa shape index (κ2) is 6.53. The quantitative estimate of drug-likeness (QED) is 0.650. The normalized spacial score (nSPS) is 19.1. The van der Waals surface area contributed by atoms with Crippen LogP contribution in [-0.4, -0.2) is 40.3 Å². The molecule has 1 aromatic rings. The summed E-state index contributed by atoms with van der Waals surface area (Å²) in [6.07, 6.45) is 3.56. The van der Waals surface area contributed by atoms with Crippen molar-refractivity contribution in [2.75, 3.05) is 18.1 Å². The van der Waals surface area contributed by atoms with Gasteiger partial charge in [0.25, 0.3) is 5.69 Å². The first-order valence-corrected chi connectivity index (χ1v) is 6.94. The van der Waals surface area contributed by atoms with Crippen LogP contribution in [0.25, 0.3) is 0 Å². The number of nitro benzene ring substituents is 1. The van der Waals surface area contributed by atoms with Gasteiger partial charge in [-0.25, -0.2) is 4.79 Å². The van der Waals surface area contributed by atoms with Crippen molar-refractivity contribution in [3.63, 3.8) is 0 Å². The number of hydrogen-bond donors (Lipinski definition) is 2. The number of nitrogens with zero attached hydrogens (tertiary/aromatic N) is 2. The molecule has 114 valence electrons. The van der Waals surface area contributed by atoms with Gasteiger partial charge in [0.15, 0.2) is 0 Å². The standard InChI is InChI=1S/C14H18N2O5/c17-9-11-4-2-1-3-7-15(11)13-8-10(14(18)19)5-6-12(13)16(20)21/h5-6,8,11,17H,1-4,7,9H2,(H,18,19). The maximum absolute atomic E-state index is 11.2. The molecule has 1 heterocycles. The first kappa shape index (κ1) is 15.2. The lowest BCUT2D eigenvalue weighted by Crippen LogP contribution is -2.38. The van der Waals surface area contributed by atoms with E-state index < -0.39 is 10.9 Å². The molecule has 0 amide bonds. The molecule has 2 rings (SSSR count). The van der Waals surface area contributed by atoms with E-state index in [9.17, 15) is 20.0 Å². The van der Waals surface area contributed by atoms with Crippen molar-refractivity contribution < 1.29 is 19.9 Å². The summed E-state index contributed by atoms with van der Waals surface area (Å²) in [7, 11) is 0. The third kappa shape index (κ3) is 3.30. The average Bonchev–Trinajstić information content (AvgIpc) is 2.71. The number of benzene rings is 1. The van der Waals surface area contributed by atoms with Crippen LogP contribution >= 0.6 is 0 Å². The van der Waals surface area contributed by atoms with Gasteiger partial charge >= 0.3 is 5.97 Å². The van der Waals surface area contributed by atoms with E-state index in [1.807, 2.05) is 0 Å². The van der Waals surface area contributed by atoms with Crippen molar-refractivity contribution >= 4 is 17.3 Å². The van der Waals surface area contributed by atoms with E-state index in [4.69, 9.17) is 5.11 Å². The van der Waals surface area contributed by atoms with Crippen molar-refractivity contribution in [3.8, 4) is 0 Å². The predicted octanol–water partition coefficient (Wildman–Crippen LogP) is 2.03. The van der Waals surface area contributed by atoms with Crippen LogP contribution in [0.3, 0.4) is 0 Å². The van der Waals surface area contributed by atoms with Gasteiger partial charge in [-0.2, -0.15) is 0 Å². The van der Waals surface area contributed by atoms with Gasteiger partial charge < -0.3 is 15.1 Å². The molecule has 2 N–H and O–H groups in total. The molecule has 1 aliphatic rings. The van der Waals surface area contributed by atoms with Gasteiger partial charge in [-0.1, -0.05) is 12.8 Å². The zero-order valence-electron chi connectivity index (χ0n) is 11.6. The summed E-state index contributed by atoms with van der Waals surface area (Å²) < 4.78 is 0. The van der Waals surface area contributed by atoms with Gasteiger partial charge in [0.1, 0.15) is 5.69 Å². The molecule has 0 spiro atoms. The van der Waals surface area contributed by atoms with Crippen LogP contribution in [0.1, 0.15) is 36.0 Å². The lowest BCUT2D eigenvalue weighted by atomic mass is 10.1. The van der Waals surface area contributed by atoms with Crippen LogP contribution in [0.2, 0.25) is 0 Å². The highest BCUT2D eigenvalue weighted by atomic mass is 16.6. The fourth-order valence-corrected chi connectivity index (χ4v) is 2.73. The minimum atomic E-state index is -1.12. The molecule has 1 saturated heterocycles. The fourth-order valence-electron chi connectivity index (χ4n) is 2.73. The van der Waals surface area contributed by atoms with Crippen molar-refractivity contribution in [1.82, 2.24) is 0 Å². The van der Waals surface area contributed by atoms with Gasteiger partial charge in [-0.3, -0.25) is 10.1 Å². The minimum Gasteiger partial charge on any atom is -0.478 e. The van der Waals surface area contributed by atoms with E-state index in [1.54, 1.807) is 4.90 Å². The number of aromatic carboxylic acids is 1. The van der Waals surface area contributed by atoms with Gasteiger partial charge in [-0.05, 0) is 25.0 Å². The molecule has 1 aliphatic heterocycles. The summed E-state index contributed by atoms with van der Waals surface area (Å²) in [5, 5.41) is 29.8. The first-order chi connectivity index (χ1) is 10.0. The van der Waals surface area contributed by atoms with E-state index in [1.165, 1.54) is 18.2 Å². The van der Waals surface area contributed by atoms with E-state index in [0.29, 0.717) is 6.54 Å². The molecule has 0 aromatic heterocycles. The summed E-state index contributed by atoms with van der Waals surface area (Å²) >= 11 is 0. The highest BCUT2D eigenvalue weighted by molar-refractivity contribution is 5.90. The van der Waals surface area contributed by atoms with Gasteiger partial charge in [0.05, 0.1) is 23.1 Å². The molecule has 7 heteroatoms. The van der Waals surface area contributed by atoms with Crippen LogP contribution in [0, 0.1) is 10.1 Å². The maximum atomic E-state index is 11.2. The summed E-state index contributed by atoms with van der Waals surface area (Å²) in [6, 6.07) is 3.57. The van der Waals surface area contributed by atoms with Crippen LogP contribution in [0.15, 0.2) is 18.2 Å². The monoisotopic (exact) mass is 294 g/mol. The molecule has 0 radical (unpaired) electrons. The molecule has 0 bridgehead atoms. The van der Waals surface area contributed by atoms with E-state index in [-0.39, 0.29) is 29.6 Å². The Morgan fingerprint density at radius 1 is 1.38 bits per heavy atom. The molecule has 1 unspecified atom stereocenters. The molecule has 7 nitrogen and oxygen atoms in total. The van der Waals surface area contributed by atoms with E-state index in [2.05, 4.69) is 0 Å². The Morgan fingerprint density at radius 3 is 2.76 bits per heavy atom. The van der Waals surface area contributed by atoms with Crippen molar-refractivity contribution in [3.05, 3.63) is 33.9 Å². The third-order valence-electron chi connectivity index (χ3n) is 3.82. The smallest absolute Gasteiger partial charge is 0.335 e. The number of aliphatic hydroxyl groups excluding tert-OH is 1. The predicted molar refractivity (Wildman–Crippen MR) is 76.7 cm³/mol. The van der Waals surface area contributed by atoms with E-state index >= 15 is 0 Å². The average molecular weight is 294 g/mol. The Kier molecular flexibility index (Phi) is 4.74. The third-order valence-corrected chi connectivity index (χ3v) is 3.82. The van der Waals surface area contributed by atoms with Gasteiger partial charge in [-0.15, -0.1) is 0 Å². The molecular weight excluding hydrogens is 276 g/mol. The van der Waals surface area contributed by atoms with E-state index in [0.717, 1.165) is 25.7 Å². The Hall–Kier alpha value is -2.15. The Balaban J connectivity index is 2.49. The molecule has 1 fully saturated rings. The SMILES string of the molecule is O=C(O)c1ccc([N+](=O)[O-])c(N2CCCCCC2CO)c1. The summed E-state index contributed by atoms with van der Waals surface area (Å²) in [5.41, 5.74) is 0.165. The van der Waals surface area contributed by atoms with Crippen LogP contribution in [-0.2, 0) is 0 Å². The zero-order chi connectivity index (χ0) is 15.4. The maximum Gasteiger partial charge on any atom is 0.335 e.